The lowest BCUT2D eigenvalue weighted by atomic mass is 10.3. The number of hydrogen-bond donors (Lipinski definition) is 1. The Bertz CT molecular complexity index is 211. The van der Waals surface area contributed by atoms with Crippen LogP contribution in [0.3, 0.4) is 0 Å². The zero-order valence-corrected chi connectivity index (χ0v) is 11.6. The van der Waals surface area contributed by atoms with E-state index >= 15 is 0 Å². The molecule has 1 N–H and O–H groups in total. The van der Waals surface area contributed by atoms with E-state index in [1.807, 2.05) is 72.0 Å². The maximum atomic E-state index is 5.59. The van der Waals surface area contributed by atoms with Crippen molar-refractivity contribution < 1.29 is 4.74 Å². The van der Waals surface area contributed by atoms with Gasteiger partial charge in [-0.2, -0.15) is 0 Å². The molecule has 0 saturated carbocycles. The van der Waals surface area contributed by atoms with Gasteiger partial charge >= 0.3 is 0 Å². The third-order valence-electron chi connectivity index (χ3n) is 1.57. The van der Waals surface area contributed by atoms with Crippen molar-refractivity contribution in [2.24, 2.45) is 0 Å². The van der Waals surface area contributed by atoms with Gasteiger partial charge in [-0.15, -0.1) is 0 Å². The Morgan fingerprint density at radius 3 is 2.00 bits per heavy atom. The second-order valence-corrected chi connectivity index (χ2v) is 2.80. The normalized spacial score (nSPS) is 10.1. The zero-order chi connectivity index (χ0) is 12.8. The number of hydrogen-bond acceptors (Lipinski definition) is 2. The molecule has 0 aromatic heterocycles. The first-order valence-electron chi connectivity index (χ1n) is 6.19. The van der Waals surface area contributed by atoms with Gasteiger partial charge in [0.1, 0.15) is 11.9 Å². The highest BCUT2D eigenvalue weighted by molar-refractivity contribution is 5.21. The molecule has 0 saturated heterocycles. The minimum Gasteiger partial charge on any atom is -0.489 e. The van der Waals surface area contributed by atoms with Crippen LogP contribution in [0.2, 0.25) is 0 Å². The first kappa shape index (κ1) is 17.4. The van der Waals surface area contributed by atoms with Gasteiger partial charge < -0.3 is 10.1 Å². The predicted octanol–water partition coefficient (Wildman–Crippen LogP) is 3.73. The molecule has 0 fully saturated rings. The molecule has 1 unspecified atom stereocenters. The smallest absolute Gasteiger partial charge is 0.119 e. The summed E-state index contributed by atoms with van der Waals surface area (Å²) in [6.45, 7) is 10.9. The maximum absolute atomic E-state index is 5.59. The number of ether oxygens (including phenoxy) is 1. The minimum absolute atomic E-state index is 0.220. The highest BCUT2D eigenvalue weighted by atomic mass is 16.5. The average Bonchev–Trinajstić information content (AvgIpc) is 2.36. The molecule has 0 spiro atoms. The van der Waals surface area contributed by atoms with Gasteiger partial charge in [-0.25, -0.2) is 0 Å². The van der Waals surface area contributed by atoms with Gasteiger partial charge in [0, 0.05) is 6.54 Å². The van der Waals surface area contributed by atoms with Crippen molar-refractivity contribution in [2.75, 3.05) is 13.6 Å². The second-order valence-electron chi connectivity index (χ2n) is 2.80. The molecule has 94 valence electrons. The Balaban J connectivity index is 0. The Kier molecular flexibility index (Phi) is 15.2. The summed E-state index contributed by atoms with van der Waals surface area (Å²) in [6, 6.07) is 9.86. The van der Waals surface area contributed by atoms with Crippen molar-refractivity contribution in [3.05, 3.63) is 30.3 Å². The number of nitrogens with one attached hydrogen (secondary N) is 1. The molecule has 0 aliphatic heterocycles. The van der Waals surface area contributed by atoms with Crippen molar-refractivity contribution in [1.29, 1.82) is 0 Å². The molecule has 16 heavy (non-hydrogen) atoms. The first-order valence-corrected chi connectivity index (χ1v) is 6.19. The van der Waals surface area contributed by atoms with Crippen molar-refractivity contribution >= 4 is 0 Å². The molecule has 1 rings (SSSR count). The molecule has 1 aromatic rings. The third-order valence-corrected chi connectivity index (χ3v) is 1.57. The van der Waals surface area contributed by atoms with Crippen LogP contribution in [0.25, 0.3) is 0 Å². The molecule has 0 aliphatic carbocycles. The van der Waals surface area contributed by atoms with Crippen LogP contribution < -0.4 is 10.1 Å². The molecule has 0 radical (unpaired) electrons. The largest absolute Gasteiger partial charge is 0.489 e. The highest BCUT2D eigenvalue weighted by Crippen LogP contribution is 2.09. The van der Waals surface area contributed by atoms with E-state index in [0.717, 1.165) is 12.3 Å². The summed E-state index contributed by atoms with van der Waals surface area (Å²) in [6.07, 6.45) is 0.220. The molecule has 0 bridgehead atoms. The fourth-order valence-corrected chi connectivity index (χ4v) is 1.06. The summed E-state index contributed by atoms with van der Waals surface area (Å²) >= 11 is 0. The van der Waals surface area contributed by atoms with Crippen molar-refractivity contribution in [2.45, 2.75) is 40.7 Å². The van der Waals surface area contributed by atoms with Crippen LogP contribution in [0.15, 0.2) is 30.3 Å². The van der Waals surface area contributed by atoms with Gasteiger partial charge in [-0.3, -0.25) is 0 Å². The van der Waals surface area contributed by atoms with Crippen LogP contribution >= 0.6 is 0 Å². The van der Waals surface area contributed by atoms with Gasteiger partial charge in [0.05, 0.1) is 0 Å². The van der Waals surface area contributed by atoms with Crippen LogP contribution in [0.5, 0.6) is 5.75 Å². The van der Waals surface area contributed by atoms with E-state index in [-0.39, 0.29) is 6.10 Å². The standard InChI is InChI=1S/C10H15NO.2C2H6/c1-9(8-11-2)12-10-6-4-3-5-7-10;2*1-2/h3-7,9,11H,8H2,1-2H3;2*1-2H3. The van der Waals surface area contributed by atoms with Crippen LogP contribution in [0, 0.1) is 0 Å². The summed E-state index contributed by atoms with van der Waals surface area (Å²) in [5, 5.41) is 3.06. The third kappa shape index (κ3) is 9.53. The SMILES string of the molecule is CC.CC.CNCC(C)Oc1ccccc1. The van der Waals surface area contributed by atoms with E-state index < -0.39 is 0 Å². The molecule has 0 aliphatic rings. The molecule has 2 heteroatoms. The minimum atomic E-state index is 0.220. The fourth-order valence-electron chi connectivity index (χ4n) is 1.06. The van der Waals surface area contributed by atoms with Crippen LogP contribution in [-0.2, 0) is 0 Å². The number of likely N-dealkylation sites (N-methyl/N-ethyl adjacent to an activating group) is 1. The lowest BCUT2D eigenvalue weighted by Gasteiger charge is -2.13. The number of rotatable bonds is 4. The topological polar surface area (TPSA) is 21.3 Å². The van der Waals surface area contributed by atoms with Gasteiger partial charge in [-0.05, 0) is 26.1 Å². The number of para-hydroxylation sites is 1. The van der Waals surface area contributed by atoms with Gasteiger partial charge in [0.25, 0.3) is 0 Å². The van der Waals surface area contributed by atoms with E-state index in [4.69, 9.17) is 4.74 Å². The lowest BCUT2D eigenvalue weighted by Crippen LogP contribution is -2.25. The molecular weight excluding hydrogens is 198 g/mol. The van der Waals surface area contributed by atoms with Crippen molar-refractivity contribution in [3.8, 4) is 5.75 Å². The zero-order valence-electron chi connectivity index (χ0n) is 11.6. The summed E-state index contributed by atoms with van der Waals surface area (Å²) in [5.74, 6) is 0.931. The van der Waals surface area contributed by atoms with Crippen LogP contribution in [0.1, 0.15) is 34.6 Å². The average molecular weight is 225 g/mol. The van der Waals surface area contributed by atoms with Crippen LogP contribution in [0.4, 0.5) is 0 Å². The van der Waals surface area contributed by atoms with E-state index in [1.54, 1.807) is 0 Å². The Labute approximate surface area is 101 Å². The quantitative estimate of drug-likeness (QED) is 0.843. The lowest BCUT2D eigenvalue weighted by molar-refractivity contribution is 0.220. The second kappa shape index (κ2) is 14.0. The predicted molar refractivity (Wildman–Crippen MR) is 73.2 cm³/mol. The molecule has 2 nitrogen and oxygen atoms in total. The molecular formula is C14H27NO. The van der Waals surface area contributed by atoms with E-state index in [9.17, 15) is 0 Å². The summed E-state index contributed by atoms with van der Waals surface area (Å²) < 4.78 is 5.59. The van der Waals surface area contributed by atoms with Gasteiger partial charge in [0.15, 0.2) is 0 Å². The maximum Gasteiger partial charge on any atom is 0.119 e. The fraction of sp³-hybridized carbons (Fsp3) is 0.571. The summed E-state index contributed by atoms with van der Waals surface area (Å²) in [5.41, 5.74) is 0. The molecule has 1 atom stereocenters. The molecule has 0 heterocycles. The Hall–Kier alpha value is -1.02. The van der Waals surface area contributed by atoms with E-state index in [1.165, 1.54) is 0 Å². The van der Waals surface area contributed by atoms with E-state index in [2.05, 4.69) is 5.32 Å². The van der Waals surface area contributed by atoms with Crippen LogP contribution in [-0.4, -0.2) is 19.7 Å². The first-order chi connectivity index (χ1) is 7.83. The Morgan fingerprint density at radius 2 is 1.56 bits per heavy atom. The monoisotopic (exact) mass is 225 g/mol. The van der Waals surface area contributed by atoms with Crippen molar-refractivity contribution in [3.63, 3.8) is 0 Å². The molecule has 0 amide bonds. The number of benzene rings is 1. The van der Waals surface area contributed by atoms with Crippen molar-refractivity contribution in [1.82, 2.24) is 5.32 Å². The van der Waals surface area contributed by atoms with Gasteiger partial charge in [0.2, 0.25) is 0 Å². The van der Waals surface area contributed by atoms with Gasteiger partial charge in [-0.1, -0.05) is 45.9 Å². The Morgan fingerprint density at radius 1 is 1.06 bits per heavy atom. The highest BCUT2D eigenvalue weighted by Gasteiger charge is 2.00. The van der Waals surface area contributed by atoms with E-state index in [0.29, 0.717) is 0 Å². The summed E-state index contributed by atoms with van der Waals surface area (Å²) in [4.78, 5) is 0. The summed E-state index contributed by atoms with van der Waals surface area (Å²) in [7, 11) is 1.92. The molecule has 1 aromatic carbocycles.